The molecule has 1 aliphatic rings. The molecule has 0 aliphatic carbocycles. The highest BCUT2D eigenvalue weighted by Crippen LogP contribution is 2.31. The van der Waals surface area contributed by atoms with Crippen molar-refractivity contribution in [3.63, 3.8) is 0 Å². The van der Waals surface area contributed by atoms with Crippen LogP contribution in [0.1, 0.15) is 24.6 Å². The molecule has 5 rings (SSSR count). The molecule has 15 heteroatoms. The molecule has 8 N–H and O–H groups in total. The third kappa shape index (κ3) is 5.52. The number of ether oxygens (including phenoxy) is 1. The van der Waals surface area contributed by atoms with Gasteiger partial charge in [-0.1, -0.05) is 0 Å². The summed E-state index contributed by atoms with van der Waals surface area (Å²) in [6.45, 7) is 2.26. The zero-order chi connectivity index (χ0) is 26.4. The van der Waals surface area contributed by atoms with Crippen molar-refractivity contribution in [3.8, 4) is 17.1 Å². The number of nitrogens with zero attached hydrogens (tertiary/aromatic N) is 6. The molecule has 15 nitrogen and oxygen atoms in total. The van der Waals surface area contributed by atoms with Crippen molar-refractivity contribution < 1.29 is 35.4 Å². The number of rotatable bonds is 7. The molecule has 0 aromatic carbocycles. The lowest BCUT2D eigenvalue weighted by Crippen LogP contribution is -2.52. The summed E-state index contributed by atoms with van der Waals surface area (Å²) < 4.78 is 6.72. The summed E-state index contributed by atoms with van der Waals surface area (Å²) in [7, 11) is 0. The van der Waals surface area contributed by atoms with Crippen LogP contribution in [0, 0.1) is 6.92 Å². The Kier molecular flexibility index (Phi) is 6.28. The highest BCUT2D eigenvalue weighted by molar-refractivity contribution is 5.74. The third-order valence-electron chi connectivity index (χ3n) is 6.06. The molecule has 0 spiro atoms. The van der Waals surface area contributed by atoms with E-state index in [2.05, 4.69) is 30.5 Å². The normalized spacial score (nSPS) is 15.9. The van der Waals surface area contributed by atoms with Crippen LogP contribution >= 0.6 is 0 Å². The summed E-state index contributed by atoms with van der Waals surface area (Å²) in [5, 5.41) is 66.0. The lowest BCUT2D eigenvalue weighted by molar-refractivity contribution is -0.420. The lowest BCUT2D eigenvalue weighted by atomic mass is 10.1. The van der Waals surface area contributed by atoms with E-state index in [0.717, 1.165) is 0 Å². The van der Waals surface area contributed by atoms with Crippen molar-refractivity contribution in [1.82, 2.24) is 34.6 Å². The van der Waals surface area contributed by atoms with Crippen molar-refractivity contribution in [2.45, 2.75) is 38.1 Å². The highest BCUT2D eigenvalue weighted by Gasteiger charge is 2.33. The van der Waals surface area contributed by atoms with E-state index in [-0.39, 0.29) is 11.9 Å². The van der Waals surface area contributed by atoms with E-state index in [0.29, 0.717) is 65.7 Å². The molecular formula is C22H26N8O7. The summed E-state index contributed by atoms with van der Waals surface area (Å²) in [5.41, 5.74) is 2.59. The zero-order valence-electron chi connectivity index (χ0n) is 19.6. The molecular weight excluding hydrogens is 488 g/mol. The molecule has 1 aliphatic heterocycles. The van der Waals surface area contributed by atoms with Crippen LogP contribution in [-0.4, -0.2) is 90.6 Å². The Morgan fingerprint density at radius 1 is 1.03 bits per heavy atom. The topological polar surface area (TPSA) is 218 Å². The number of aromatic nitrogens is 6. The maximum Gasteiger partial charge on any atom is 0.454 e. The monoisotopic (exact) mass is 514 g/mol. The van der Waals surface area contributed by atoms with Crippen LogP contribution in [0.25, 0.3) is 22.4 Å². The number of anilines is 2. The zero-order valence-corrected chi connectivity index (χ0v) is 19.6. The Morgan fingerprint density at radius 3 is 2.49 bits per heavy atom. The van der Waals surface area contributed by atoms with E-state index in [9.17, 15) is 30.6 Å². The van der Waals surface area contributed by atoms with Crippen molar-refractivity contribution in [3.05, 3.63) is 42.4 Å². The molecule has 4 aromatic heterocycles. The molecule has 1 fully saturated rings. The van der Waals surface area contributed by atoms with Gasteiger partial charge in [-0.3, -0.25) is 5.10 Å². The molecule has 37 heavy (non-hydrogen) atoms. The van der Waals surface area contributed by atoms with E-state index in [1.165, 1.54) is 4.90 Å². The minimum atomic E-state index is -3.40. The second-order valence-electron chi connectivity index (χ2n) is 8.78. The number of fused-ring (bicyclic) bond motifs is 1. The molecule has 0 bridgehead atoms. The Hall–Kier alpha value is -3.70. The van der Waals surface area contributed by atoms with E-state index < -0.39 is 12.3 Å². The molecule has 0 saturated carbocycles. The van der Waals surface area contributed by atoms with Crippen LogP contribution < -0.4 is 10.1 Å². The van der Waals surface area contributed by atoms with Crippen molar-refractivity contribution in [1.29, 1.82) is 0 Å². The number of hydrogen-bond donors (Lipinski definition) is 8. The quantitative estimate of drug-likeness (QED) is 0.145. The fourth-order valence-electron chi connectivity index (χ4n) is 4.32. The standard InChI is InChI=1S/C22H26N8O7/c1-12-2-3-14(20(24-12)37-22(34,35)36)16-10-17(28-27-16)25-18-11-23-15-6-9-30(19(15)26-18)13-4-7-29(8-5-13)21(31,32)33/h2-3,6,9-11,13,31-36H,4-5,7-8H2,1H3,(H2,25,26,27,28). The van der Waals surface area contributed by atoms with Crippen molar-refractivity contribution in [2.24, 2.45) is 0 Å². The van der Waals surface area contributed by atoms with Gasteiger partial charge in [0.25, 0.3) is 0 Å². The number of likely N-dealkylation sites (tertiary alicyclic amines) is 1. The molecule has 196 valence electrons. The van der Waals surface area contributed by atoms with Gasteiger partial charge in [-0.05, 0) is 38.0 Å². The van der Waals surface area contributed by atoms with Gasteiger partial charge in [-0.2, -0.15) is 5.10 Å². The Morgan fingerprint density at radius 2 is 1.78 bits per heavy atom. The molecule has 0 amide bonds. The summed E-state index contributed by atoms with van der Waals surface area (Å²) in [5.74, 6) is 0.588. The molecule has 0 atom stereocenters. The number of H-pyrrole nitrogens is 1. The minimum Gasteiger partial charge on any atom is -0.398 e. The first-order chi connectivity index (χ1) is 17.5. The summed E-state index contributed by atoms with van der Waals surface area (Å²) >= 11 is 0. The first-order valence-electron chi connectivity index (χ1n) is 11.4. The number of piperidine rings is 1. The highest BCUT2D eigenvalue weighted by atomic mass is 16.9. The van der Waals surface area contributed by atoms with Crippen LogP contribution in [-0.2, 0) is 0 Å². The molecule has 0 unspecified atom stereocenters. The van der Waals surface area contributed by atoms with Gasteiger partial charge in [0, 0.05) is 37.1 Å². The summed E-state index contributed by atoms with van der Waals surface area (Å²) in [6.07, 6.45) is -1.66. The summed E-state index contributed by atoms with van der Waals surface area (Å²) in [6, 6.07) is 6.80. The maximum atomic E-state index is 9.41. The van der Waals surface area contributed by atoms with Crippen LogP contribution in [0.2, 0.25) is 0 Å². The second-order valence-corrected chi connectivity index (χ2v) is 8.78. The van der Waals surface area contributed by atoms with Crippen LogP contribution in [0.15, 0.2) is 36.7 Å². The largest absolute Gasteiger partial charge is 0.454 e. The molecule has 0 radical (unpaired) electrons. The minimum absolute atomic E-state index is 0.0294. The van der Waals surface area contributed by atoms with Crippen LogP contribution in [0.4, 0.5) is 11.6 Å². The lowest BCUT2D eigenvalue weighted by Gasteiger charge is -2.36. The predicted molar refractivity (Wildman–Crippen MR) is 127 cm³/mol. The average molecular weight is 514 g/mol. The Bertz CT molecular complexity index is 1400. The number of nitrogens with one attached hydrogen (secondary N) is 2. The first kappa shape index (κ1) is 25.0. The summed E-state index contributed by atoms with van der Waals surface area (Å²) in [4.78, 5) is 14.4. The van der Waals surface area contributed by atoms with Gasteiger partial charge in [0.05, 0.1) is 17.5 Å². The van der Waals surface area contributed by atoms with Crippen molar-refractivity contribution >= 4 is 22.8 Å². The average Bonchev–Trinajstić information content (AvgIpc) is 3.44. The number of aliphatic hydroxyl groups is 6. The van der Waals surface area contributed by atoms with Gasteiger partial charge in [-0.15, -0.1) is 0 Å². The first-order valence-corrected chi connectivity index (χ1v) is 11.4. The number of aryl methyl sites for hydroxylation is 1. The van der Waals surface area contributed by atoms with E-state index in [4.69, 9.17) is 4.74 Å². The van der Waals surface area contributed by atoms with Gasteiger partial charge >= 0.3 is 12.3 Å². The predicted octanol–water partition coefficient (Wildman–Crippen LogP) is -0.539. The van der Waals surface area contributed by atoms with Crippen molar-refractivity contribution in [2.75, 3.05) is 18.4 Å². The molecule has 5 heterocycles. The van der Waals surface area contributed by atoms with Gasteiger partial charge < -0.3 is 45.3 Å². The molecule has 1 saturated heterocycles. The van der Waals surface area contributed by atoms with Gasteiger partial charge in [0.15, 0.2) is 17.3 Å². The fraction of sp³-hybridized carbons (Fsp3) is 0.364. The number of pyridine rings is 1. The van der Waals surface area contributed by atoms with E-state index in [1.54, 1.807) is 31.3 Å². The Labute approximate surface area is 209 Å². The van der Waals surface area contributed by atoms with E-state index in [1.807, 2.05) is 16.8 Å². The van der Waals surface area contributed by atoms with Gasteiger partial charge in [0.1, 0.15) is 5.52 Å². The molecule has 4 aromatic rings. The number of aromatic amines is 1. The number of hydrogen-bond acceptors (Lipinski definition) is 13. The SMILES string of the molecule is Cc1ccc(-c2cc(Nc3cnc4ccn(C5CCN(C(O)(O)O)CC5)c4n3)n[nH]2)c(OC(O)(O)O)n1. The smallest absolute Gasteiger partial charge is 0.398 e. The fourth-order valence-corrected chi connectivity index (χ4v) is 4.32. The van der Waals surface area contributed by atoms with Gasteiger partial charge in [-0.25, -0.2) is 19.9 Å². The van der Waals surface area contributed by atoms with Gasteiger partial charge in [0.2, 0.25) is 5.88 Å². The van der Waals surface area contributed by atoms with Crippen LogP contribution in [0.3, 0.4) is 0 Å². The third-order valence-corrected chi connectivity index (χ3v) is 6.06. The maximum absolute atomic E-state index is 9.41. The van der Waals surface area contributed by atoms with Crippen LogP contribution in [0.5, 0.6) is 5.88 Å². The van der Waals surface area contributed by atoms with E-state index >= 15 is 0 Å². The Balaban J connectivity index is 1.35. The second kappa shape index (κ2) is 9.31.